The second-order valence-electron chi connectivity index (χ2n) is 6.95. The van der Waals surface area contributed by atoms with E-state index < -0.39 is 6.10 Å². The Morgan fingerprint density at radius 3 is 2.69 bits per heavy atom. The molecular weight excluding hydrogens is 344 g/mol. The van der Waals surface area contributed by atoms with Gasteiger partial charge in [0.2, 0.25) is 0 Å². The van der Waals surface area contributed by atoms with Crippen molar-refractivity contribution < 1.29 is 5.11 Å². The standard InChI is InChI=1S/C20H24N4OS/c1-23-12-9-21-20(23)19(25)16-7-10-24(11-8-16)13-18-22-17(14-26-18)15-5-3-2-4-6-15/h2-6,9,12,14,16,19,25H,7-8,10-11,13H2,1H3/t19-/m0/s1. The van der Waals surface area contributed by atoms with E-state index in [0.717, 1.165) is 49.0 Å². The van der Waals surface area contributed by atoms with Crippen LogP contribution in [0, 0.1) is 5.92 Å². The highest BCUT2D eigenvalue weighted by molar-refractivity contribution is 7.09. The minimum atomic E-state index is -0.471. The molecule has 1 aliphatic heterocycles. The van der Waals surface area contributed by atoms with Crippen LogP contribution < -0.4 is 0 Å². The first-order chi connectivity index (χ1) is 12.7. The molecule has 0 amide bonds. The van der Waals surface area contributed by atoms with Crippen LogP contribution >= 0.6 is 11.3 Å². The van der Waals surface area contributed by atoms with E-state index in [2.05, 4.69) is 27.4 Å². The molecular formula is C20H24N4OS. The number of aliphatic hydroxyl groups excluding tert-OH is 1. The molecule has 1 N–H and O–H groups in total. The Hall–Kier alpha value is -2.02. The largest absolute Gasteiger partial charge is 0.385 e. The molecule has 1 saturated heterocycles. The highest BCUT2D eigenvalue weighted by Gasteiger charge is 2.28. The van der Waals surface area contributed by atoms with Gasteiger partial charge in [-0.1, -0.05) is 30.3 Å². The Bertz CT molecular complexity index is 836. The summed E-state index contributed by atoms with van der Waals surface area (Å²) < 4.78 is 1.91. The summed E-state index contributed by atoms with van der Waals surface area (Å²) in [7, 11) is 1.94. The van der Waals surface area contributed by atoms with E-state index in [1.54, 1.807) is 17.5 Å². The van der Waals surface area contributed by atoms with E-state index in [9.17, 15) is 5.11 Å². The third-order valence-corrected chi connectivity index (χ3v) is 6.02. The fraction of sp³-hybridized carbons (Fsp3) is 0.400. The minimum Gasteiger partial charge on any atom is -0.385 e. The summed E-state index contributed by atoms with van der Waals surface area (Å²) >= 11 is 1.73. The lowest BCUT2D eigenvalue weighted by Crippen LogP contribution is -2.35. The summed E-state index contributed by atoms with van der Waals surface area (Å²) in [6.45, 7) is 2.88. The van der Waals surface area contributed by atoms with Crippen molar-refractivity contribution in [2.24, 2.45) is 13.0 Å². The van der Waals surface area contributed by atoms with Gasteiger partial charge in [0.1, 0.15) is 16.9 Å². The van der Waals surface area contributed by atoms with Gasteiger partial charge in [-0.2, -0.15) is 0 Å². The number of aromatic nitrogens is 3. The summed E-state index contributed by atoms with van der Waals surface area (Å²) in [4.78, 5) is 11.5. The van der Waals surface area contributed by atoms with Crippen molar-refractivity contribution >= 4 is 11.3 Å². The number of likely N-dealkylation sites (tertiary alicyclic amines) is 1. The Labute approximate surface area is 158 Å². The molecule has 4 rings (SSSR count). The second kappa shape index (κ2) is 7.70. The Morgan fingerprint density at radius 1 is 1.23 bits per heavy atom. The normalized spacial score (nSPS) is 17.5. The molecule has 0 unspecified atom stereocenters. The van der Waals surface area contributed by atoms with Crippen LogP contribution in [0.3, 0.4) is 0 Å². The summed E-state index contributed by atoms with van der Waals surface area (Å²) in [5, 5.41) is 13.9. The van der Waals surface area contributed by atoms with Gasteiger partial charge in [-0.05, 0) is 31.8 Å². The van der Waals surface area contributed by atoms with Gasteiger partial charge in [0.25, 0.3) is 0 Å². The molecule has 0 saturated carbocycles. The van der Waals surface area contributed by atoms with Crippen LogP contribution in [0.15, 0.2) is 48.1 Å². The molecule has 0 aliphatic carbocycles. The van der Waals surface area contributed by atoms with Crippen LogP contribution in [0.1, 0.15) is 29.8 Å². The predicted octanol–water partition coefficient (Wildman–Crippen LogP) is 3.49. The van der Waals surface area contributed by atoms with Crippen molar-refractivity contribution in [1.82, 2.24) is 19.4 Å². The highest BCUT2D eigenvalue weighted by Crippen LogP contribution is 2.31. The monoisotopic (exact) mass is 368 g/mol. The number of benzene rings is 1. The summed E-state index contributed by atoms with van der Waals surface area (Å²) in [6, 6.07) is 10.3. The molecule has 3 heterocycles. The quantitative estimate of drug-likeness (QED) is 0.749. The van der Waals surface area contributed by atoms with E-state index in [1.807, 2.05) is 36.0 Å². The molecule has 1 aliphatic rings. The lowest BCUT2D eigenvalue weighted by Gasteiger charge is -2.33. The zero-order chi connectivity index (χ0) is 17.9. The molecule has 1 atom stereocenters. The first-order valence-corrected chi connectivity index (χ1v) is 9.96. The fourth-order valence-corrected chi connectivity index (χ4v) is 4.46. The van der Waals surface area contributed by atoms with Crippen LogP contribution in [-0.4, -0.2) is 37.6 Å². The Morgan fingerprint density at radius 2 is 2.00 bits per heavy atom. The lowest BCUT2D eigenvalue weighted by molar-refractivity contribution is 0.0492. The smallest absolute Gasteiger partial charge is 0.137 e. The van der Waals surface area contributed by atoms with Crippen LogP contribution in [0.25, 0.3) is 11.3 Å². The van der Waals surface area contributed by atoms with Crippen molar-refractivity contribution in [3.63, 3.8) is 0 Å². The first-order valence-electron chi connectivity index (χ1n) is 9.08. The van der Waals surface area contributed by atoms with Crippen molar-refractivity contribution in [3.8, 4) is 11.3 Å². The lowest BCUT2D eigenvalue weighted by atomic mass is 9.91. The van der Waals surface area contributed by atoms with E-state index >= 15 is 0 Å². The molecule has 0 radical (unpaired) electrons. The third kappa shape index (κ3) is 3.72. The number of hydrogen-bond donors (Lipinski definition) is 1. The number of aryl methyl sites for hydroxylation is 1. The maximum atomic E-state index is 10.6. The zero-order valence-electron chi connectivity index (χ0n) is 15.0. The fourth-order valence-electron chi connectivity index (χ4n) is 3.62. The van der Waals surface area contributed by atoms with Crippen molar-refractivity contribution in [3.05, 3.63) is 58.9 Å². The molecule has 1 fully saturated rings. The van der Waals surface area contributed by atoms with Crippen molar-refractivity contribution in [1.29, 1.82) is 0 Å². The van der Waals surface area contributed by atoms with Gasteiger partial charge in [0, 0.05) is 30.4 Å². The second-order valence-corrected chi connectivity index (χ2v) is 7.89. The van der Waals surface area contributed by atoms with Gasteiger partial charge in [-0.25, -0.2) is 9.97 Å². The average molecular weight is 369 g/mol. The maximum Gasteiger partial charge on any atom is 0.137 e. The van der Waals surface area contributed by atoms with Crippen molar-refractivity contribution in [2.45, 2.75) is 25.5 Å². The molecule has 6 heteroatoms. The van der Waals surface area contributed by atoms with Crippen LogP contribution in [0.2, 0.25) is 0 Å². The molecule has 136 valence electrons. The van der Waals surface area contributed by atoms with E-state index in [4.69, 9.17) is 4.98 Å². The van der Waals surface area contributed by atoms with E-state index in [1.165, 1.54) is 5.56 Å². The third-order valence-electron chi connectivity index (χ3n) is 5.18. The van der Waals surface area contributed by atoms with Crippen LogP contribution in [0.5, 0.6) is 0 Å². The molecule has 0 spiro atoms. The van der Waals surface area contributed by atoms with Crippen molar-refractivity contribution in [2.75, 3.05) is 13.1 Å². The molecule has 2 aromatic heterocycles. The van der Waals surface area contributed by atoms with Gasteiger partial charge in [0.05, 0.1) is 12.2 Å². The first kappa shape index (κ1) is 17.4. The topological polar surface area (TPSA) is 54.2 Å². The van der Waals surface area contributed by atoms with Gasteiger partial charge < -0.3 is 9.67 Å². The molecule has 3 aromatic rings. The molecule has 26 heavy (non-hydrogen) atoms. The number of thiazole rings is 1. The number of hydrogen-bond acceptors (Lipinski definition) is 5. The molecule has 0 bridgehead atoms. The van der Waals surface area contributed by atoms with Crippen LogP contribution in [-0.2, 0) is 13.6 Å². The Kier molecular flexibility index (Phi) is 5.15. The number of piperidine rings is 1. The van der Waals surface area contributed by atoms with Crippen LogP contribution in [0.4, 0.5) is 0 Å². The maximum absolute atomic E-state index is 10.6. The summed E-state index contributed by atoms with van der Waals surface area (Å²) in [6.07, 6.45) is 5.15. The highest BCUT2D eigenvalue weighted by atomic mass is 32.1. The minimum absolute atomic E-state index is 0.281. The van der Waals surface area contributed by atoms with Gasteiger partial charge in [-0.3, -0.25) is 4.90 Å². The van der Waals surface area contributed by atoms with Gasteiger partial charge in [0.15, 0.2) is 0 Å². The van der Waals surface area contributed by atoms with Gasteiger partial charge in [-0.15, -0.1) is 11.3 Å². The number of rotatable bonds is 5. The SMILES string of the molecule is Cn1ccnc1[C@@H](O)C1CCN(Cc2nc(-c3ccccc3)cs2)CC1. The van der Waals surface area contributed by atoms with E-state index in [-0.39, 0.29) is 5.92 Å². The molecule has 1 aromatic carbocycles. The number of aliphatic hydroxyl groups is 1. The number of nitrogens with zero attached hydrogens (tertiary/aromatic N) is 4. The zero-order valence-corrected chi connectivity index (χ0v) is 15.8. The van der Waals surface area contributed by atoms with Gasteiger partial charge >= 0.3 is 0 Å². The number of imidazole rings is 1. The summed E-state index contributed by atoms with van der Waals surface area (Å²) in [5.41, 5.74) is 2.23. The summed E-state index contributed by atoms with van der Waals surface area (Å²) in [5.74, 6) is 1.06. The molecule has 5 nitrogen and oxygen atoms in total. The van der Waals surface area contributed by atoms with E-state index in [0.29, 0.717) is 0 Å². The Balaban J connectivity index is 1.33. The average Bonchev–Trinajstić information content (AvgIpc) is 3.32. The predicted molar refractivity (Wildman–Crippen MR) is 104 cm³/mol.